The number of nitrogens with one attached hydrogen (secondary N) is 1. The zero-order chi connectivity index (χ0) is 17.9. The normalized spacial score (nSPS) is 11.2. The average Bonchev–Trinajstić information content (AvgIpc) is 2.44. The van der Waals surface area contributed by atoms with E-state index in [4.69, 9.17) is 27.9 Å². The number of nitrogens with zero attached hydrogens (tertiary/aromatic N) is 3. The lowest BCUT2D eigenvalue weighted by Gasteiger charge is -2.19. The molecule has 0 aromatic carbocycles. The van der Waals surface area contributed by atoms with E-state index in [2.05, 4.69) is 20.3 Å². The summed E-state index contributed by atoms with van der Waals surface area (Å²) in [5, 5.41) is 3.80. The van der Waals surface area contributed by atoms with Crippen molar-refractivity contribution in [2.75, 3.05) is 5.32 Å². The zero-order valence-electron chi connectivity index (χ0n) is 12.9. The van der Waals surface area contributed by atoms with Gasteiger partial charge in [-0.05, 0) is 49.4 Å². The Morgan fingerprint density at radius 3 is 2.67 bits per heavy atom. The van der Waals surface area contributed by atoms with Crippen LogP contribution in [0.2, 0.25) is 10.2 Å². The van der Waals surface area contributed by atoms with E-state index in [-0.39, 0.29) is 5.82 Å². The third-order valence-electron chi connectivity index (χ3n) is 2.35. The Balaban J connectivity index is 2.20. The van der Waals surface area contributed by atoms with E-state index in [0.717, 1.165) is 0 Å². The van der Waals surface area contributed by atoms with E-state index >= 15 is 0 Å². The van der Waals surface area contributed by atoms with E-state index in [1.807, 2.05) is 22.6 Å². The van der Waals surface area contributed by atoms with Gasteiger partial charge < -0.3 is 4.74 Å². The van der Waals surface area contributed by atoms with Crippen molar-refractivity contribution in [1.29, 1.82) is 0 Å². The van der Waals surface area contributed by atoms with Crippen LogP contribution < -0.4 is 5.32 Å². The number of rotatable bonds is 3. The van der Waals surface area contributed by atoms with Gasteiger partial charge in [-0.2, -0.15) is 0 Å². The lowest BCUT2D eigenvalue weighted by Crippen LogP contribution is -2.27. The maximum Gasteiger partial charge on any atom is 0.413 e. The van der Waals surface area contributed by atoms with Crippen LogP contribution in [0.3, 0.4) is 0 Å². The van der Waals surface area contributed by atoms with Crippen molar-refractivity contribution < 1.29 is 9.53 Å². The molecule has 2 rings (SSSR count). The molecule has 6 nitrogen and oxygen atoms in total. The Kier molecular flexibility index (Phi) is 6.52. The predicted molar refractivity (Wildman–Crippen MR) is 103 cm³/mol. The molecule has 2 aromatic rings. The molecule has 0 unspecified atom stereocenters. The van der Waals surface area contributed by atoms with Crippen LogP contribution >= 0.6 is 57.6 Å². The summed E-state index contributed by atoms with van der Waals surface area (Å²) in [4.78, 5) is 25.0. The summed E-state index contributed by atoms with van der Waals surface area (Å²) < 4.78 is 5.85. The lowest BCUT2D eigenvalue weighted by molar-refractivity contribution is 0.0635. The minimum absolute atomic E-state index is 0.216. The van der Waals surface area contributed by atoms with Crippen LogP contribution in [0.15, 0.2) is 28.4 Å². The van der Waals surface area contributed by atoms with Crippen molar-refractivity contribution in [1.82, 2.24) is 15.0 Å². The molecule has 24 heavy (non-hydrogen) atoms. The topological polar surface area (TPSA) is 77.0 Å². The summed E-state index contributed by atoms with van der Waals surface area (Å²) in [7, 11) is 0. The van der Waals surface area contributed by atoms with Gasteiger partial charge in [0.25, 0.3) is 0 Å². The molecule has 0 fully saturated rings. The van der Waals surface area contributed by atoms with Gasteiger partial charge in [0.2, 0.25) is 0 Å². The molecule has 128 valence electrons. The maximum atomic E-state index is 11.9. The number of ether oxygens (including phenoxy) is 1. The molecule has 2 heterocycles. The van der Waals surface area contributed by atoms with Gasteiger partial charge in [0.1, 0.15) is 19.5 Å². The molecule has 0 aliphatic carbocycles. The van der Waals surface area contributed by atoms with Gasteiger partial charge in [-0.15, -0.1) is 0 Å². The van der Waals surface area contributed by atoms with Crippen LogP contribution in [0.4, 0.5) is 10.6 Å². The van der Waals surface area contributed by atoms with E-state index < -0.39 is 11.7 Å². The van der Waals surface area contributed by atoms with Crippen molar-refractivity contribution >= 4 is 69.5 Å². The van der Waals surface area contributed by atoms with Crippen LogP contribution in [0, 0.1) is 3.70 Å². The third kappa shape index (κ3) is 5.61. The van der Waals surface area contributed by atoms with Crippen LogP contribution in [-0.4, -0.2) is 26.6 Å². The Bertz CT molecular complexity index is 771. The van der Waals surface area contributed by atoms with Gasteiger partial charge in [-0.3, -0.25) is 5.32 Å². The summed E-state index contributed by atoms with van der Waals surface area (Å²) in [5.41, 5.74) is -0.613. The van der Waals surface area contributed by atoms with E-state index in [0.29, 0.717) is 23.8 Å². The fourth-order valence-corrected chi connectivity index (χ4v) is 3.54. The average molecular weight is 499 g/mol. The largest absolute Gasteiger partial charge is 0.444 e. The number of amides is 1. The second-order valence-electron chi connectivity index (χ2n) is 5.49. The molecule has 2 aromatic heterocycles. The van der Waals surface area contributed by atoms with Crippen LogP contribution in [-0.2, 0) is 4.74 Å². The molecule has 0 bridgehead atoms. The molecule has 0 aliphatic rings. The molecule has 1 amide bonds. The predicted octanol–water partition coefficient (Wildman–Crippen LogP) is 5.28. The summed E-state index contributed by atoms with van der Waals surface area (Å²) in [6, 6.07) is 1.72. The van der Waals surface area contributed by atoms with Gasteiger partial charge >= 0.3 is 6.09 Å². The first-order valence-electron chi connectivity index (χ1n) is 6.66. The summed E-state index contributed by atoms with van der Waals surface area (Å²) in [6.45, 7) is 5.32. The van der Waals surface area contributed by atoms with E-state index in [1.165, 1.54) is 24.2 Å². The number of carbonyl (C=O) groups excluding carboxylic acids is 1. The highest BCUT2D eigenvalue weighted by Crippen LogP contribution is 2.37. The maximum absolute atomic E-state index is 11.9. The van der Waals surface area contributed by atoms with Gasteiger partial charge in [0, 0.05) is 11.1 Å². The van der Waals surface area contributed by atoms with E-state index in [9.17, 15) is 4.79 Å². The number of hydrogen-bond acceptors (Lipinski definition) is 6. The van der Waals surface area contributed by atoms with Crippen molar-refractivity contribution in [2.45, 2.75) is 36.3 Å². The summed E-state index contributed by atoms with van der Waals surface area (Å²) in [5.74, 6) is 0.216. The standard InChI is InChI=1S/C14H13Cl2IN4O2S/c1-14(2,3)23-13(22)21-11-9(16)7(4-5-18-11)24-12-10(17)20-8(15)6-19-12/h4-6H,1-3H3,(H,18,21,22). The minimum Gasteiger partial charge on any atom is -0.444 e. The SMILES string of the molecule is CC(C)(C)OC(=O)Nc1nccc(Sc2ncc(Cl)nc2I)c1Cl. The number of halogens is 3. The fourth-order valence-electron chi connectivity index (χ4n) is 1.50. The summed E-state index contributed by atoms with van der Waals surface area (Å²) >= 11 is 15.5. The first kappa shape index (κ1) is 19.5. The van der Waals surface area contributed by atoms with Gasteiger partial charge in [-0.1, -0.05) is 35.0 Å². The van der Waals surface area contributed by atoms with Crippen LogP contribution in [0.25, 0.3) is 0 Å². The van der Waals surface area contributed by atoms with Crippen molar-refractivity contribution in [3.8, 4) is 0 Å². The molecule has 10 heteroatoms. The lowest BCUT2D eigenvalue weighted by atomic mass is 10.2. The molecule has 1 N–H and O–H groups in total. The quantitative estimate of drug-likeness (QED) is 0.580. The van der Waals surface area contributed by atoms with Gasteiger partial charge in [0.15, 0.2) is 5.82 Å². The molecule has 0 spiro atoms. The molecular weight excluding hydrogens is 486 g/mol. The van der Waals surface area contributed by atoms with Gasteiger partial charge in [0.05, 0.1) is 11.2 Å². The smallest absolute Gasteiger partial charge is 0.413 e. The van der Waals surface area contributed by atoms with Crippen molar-refractivity contribution in [2.24, 2.45) is 0 Å². The van der Waals surface area contributed by atoms with Crippen molar-refractivity contribution in [3.05, 3.63) is 32.3 Å². The highest BCUT2D eigenvalue weighted by molar-refractivity contribution is 14.1. The zero-order valence-corrected chi connectivity index (χ0v) is 17.4. The Morgan fingerprint density at radius 2 is 2.04 bits per heavy atom. The molecule has 0 saturated heterocycles. The number of hydrogen-bond donors (Lipinski definition) is 1. The second-order valence-corrected chi connectivity index (χ2v) is 8.31. The van der Waals surface area contributed by atoms with Gasteiger partial charge in [-0.25, -0.2) is 19.7 Å². The second kappa shape index (κ2) is 8.03. The minimum atomic E-state index is -0.625. The summed E-state index contributed by atoms with van der Waals surface area (Å²) in [6.07, 6.45) is 2.37. The number of anilines is 1. The monoisotopic (exact) mass is 498 g/mol. The molecule has 0 atom stereocenters. The van der Waals surface area contributed by atoms with Crippen molar-refractivity contribution in [3.63, 3.8) is 0 Å². The fraction of sp³-hybridized carbons (Fsp3) is 0.286. The van der Waals surface area contributed by atoms with E-state index in [1.54, 1.807) is 26.8 Å². The Morgan fingerprint density at radius 1 is 1.33 bits per heavy atom. The molecular formula is C14H13Cl2IN4O2S. The number of aromatic nitrogens is 3. The number of carbonyl (C=O) groups is 1. The number of pyridine rings is 1. The van der Waals surface area contributed by atoms with Crippen LogP contribution in [0.1, 0.15) is 20.8 Å². The van der Waals surface area contributed by atoms with Crippen LogP contribution in [0.5, 0.6) is 0 Å². The molecule has 0 radical (unpaired) electrons. The first-order chi connectivity index (χ1) is 11.2. The molecule has 0 saturated carbocycles. The first-order valence-corrected chi connectivity index (χ1v) is 9.31. The highest BCUT2D eigenvalue weighted by atomic mass is 127. The highest BCUT2D eigenvalue weighted by Gasteiger charge is 2.19. The third-order valence-corrected chi connectivity index (χ3v) is 5.20. The Hall–Kier alpha value is -0.840. The molecule has 0 aliphatic heterocycles. The Labute approximate surface area is 167 Å².